The molecule has 0 amide bonds. The summed E-state index contributed by atoms with van der Waals surface area (Å²) in [4.78, 5) is 0. The molecule has 0 aliphatic heterocycles. The first-order valence-corrected chi connectivity index (χ1v) is 1.77. The molecule has 0 spiro atoms. The molecular weight excluding hydrogens is 98.1 g/mol. The van der Waals surface area contributed by atoms with Gasteiger partial charge in [-0.25, -0.2) is 0 Å². The fraction of sp³-hybridized carbons (Fsp3) is 0.200. The highest BCUT2D eigenvalue weighted by Gasteiger charge is 2.16. The average Bonchev–Trinajstić information content (AvgIpc) is 1.68. The minimum Gasteiger partial charge on any atom is -0.197 e. The number of allylic oxidation sites excluding steroid dienone is 2. The highest BCUT2D eigenvalue weighted by Crippen LogP contribution is 2.13. The molecule has 7 heavy (non-hydrogen) atoms. The van der Waals surface area contributed by atoms with Crippen LogP contribution in [0.4, 0.5) is 8.78 Å². The summed E-state index contributed by atoms with van der Waals surface area (Å²) < 4.78 is 23.3. The van der Waals surface area contributed by atoms with Gasteiger partial charge >= 0.3 is 0 Å². The summed E-state index contributed by atoms with van der Waals surface area (Å²) in [7, 11) is 0. The van der Waals surface area contributed by atoms with Crippen LogP contribution in [0.2, 0.25) is 0 Å². The number of halogens is 2. The predicted octanol–water partition coefficient (Wildman–Crippen LogP) is 1.99. The summed E-state index contributed by atoms with van der Waals surface area (Å²) in [6.07, 6.45) is 1.08. The Hall–Kier alpha value is -0.660. The lowest BCUT2D eigenvalue weighted by atomic mass is 10.3. The van der Waals surface area contributed by atoms with E-state index in [1.807, 2.05) is 0 Å². The van der Waals surface area contributed by atoms with Crippen LogP contribution in [-0.2, 0) is 0 Å². The molecule has 0 bridgehead atoms. The van der Waals surface area contributed by atoms with Crippen LogP contribution in [0.5, 0.6) is 0 Å². The molecule has 40 valence electrons. The van der Waals surface area contributed by atoms with E-state index in [0.29, 0.717) is 12.2 Å². The Morgan fingerprint density at radius 2 is 1.43 bits per heavy atom. The monoisotopic (exact) mass is 104 g/mol. The average molecular weight is 104 g/mol. The van der Waals surface area contributed by atoms with Crippen molar-refractivity contribution in [3.63, 3.8) is 0 Å². The van der Waals surface area contributed by atoms with E-state index >= 15 is 0 Å². The summed E-state index contributed by atoms with van der Waals surface area (Å²) in [5.74, 6) is -2.89. The highest BCUT2D eigenvalue weighted by atomic mass is 19.3. The van der Waals surface area contributed by atoms with Gasteiger partial charge in [-0.15, -0.1) is 0 Å². The van der Waals surface area contributed by atoms with E-state index in [4.69, 9.17) is 0 Å². The second kappa shape index (κ2) is 1.87. The van der Waals surface area contributed by atoms with Gasteiger partial charge in [0.1, 0.15) is 0 Å². The van der Waals surface area contributed by atoms with E-state index in [0.717, 1.165) is 0 Å². The summed E-state index contributed by atoms with van der Waals surface area (Å²) in [6, 6.07) is 0. The molecule has 0 aromatic rings. The van der Waals surface area contributed by atoms with Crippen molar-refractivity contribution >= 4 is 0 Å². The Morgan fingerprint density at radius 3 is 1.43 bits per heavy atom. The highest BCUT2D eigenvalue weighted by molar-refractivity contribution is 5.00. The van der Waals surface area contributed by atoms with Gasteiger partial charge in [0.05, 0.1) is 0 Å². The Labute approximate surface area is 41.2 Å². The molecule has 0 aromatic heterocycles. The standard InChI is InChI=1S/C5H6F2/c1-3-5(6,7)4-2/h3-4H,1-2H2. The second-order valence-electron chi connectivity index (χ2n) is 1.08. The third kappa shape index (κ3) is 2.09. The van der Waals surface area contributed by atoms with Crippen molar-refractivity contribution in [2.45, 2.75) is 5.92 Å². The van der Waals surface area contributed by atoms with Crippen LogP contribution in [0.1, 0.15) is 0 Å². The van der Waals surface area contributed by atoms with Crippen molar-refractivity contribution in [3.8, 4) is 0 Å². The molecule has 0 heterocycles. The number of hydrogen-bond acceptors (Lipinski definition) is 0. The van der Waals surface area contributed by atoms with Gasteiger partial charge in [0.15, 0.2) is 0 Å². The maximum Gasteiger partial charge on any atom is 0.284 e. The van der Waals surface area contributed by atoms with Gasteiger partial charge in [-0.05, 0) is 12.2 Å². The molecule has 0 atom stereocenters. The lowest BCUT2D eigenvalue weighted by Crippen LogP contribution is -2.04. The van der Waals surface area contributed by atoms with Crippen molar-refractivity contribution in [2.24, 2.45) is 0 Å². The molecule has 0 saturated heterocycles. The van der Waals surface area contributed by atoms with Gasteiger partial charge < -0.3 is 0 Å². The van der Waals surface area contributed by atoms with Crippen LogP contribution in [-0.4, -0.2) is 5.92 Å². The van der Waals surface area contributed by atoms with Gasteiger partial charge in [-0.3, -0.25) is 0 Å². The van der Waals surface area contributed by atoms with E-state index < -0.39 is 5.92 Å². The third-order valence-electron chi connectivity index (χ3n) is 0.544. The minimum absolute atomic E-state index is 0.542. The maximum absolute atomic E-state index is 11.6. The topological polar surface area (TPSA) is 0 Å². The maximum atomic E-state index is 11.6. The smallest absolute Gasteiger partial charge is 0.197 e. The molecule has 0 fully saturated rings. The van der Waals surface area contributed by atoms with Crippen molar-refractivity contribution < 1.29 is 8.78 Å². The summed E-state index contributed by atoms with van der Waals surface area (Å²) in [6.45, 7) is 5.76. The summed E-state index contributed by atoms with van der Waals surface area (Å²) >= 11 is 0. The van der Waals surface area contributed by atoms with Crippen LogP contribution < -0.4 is 0 Å². The molecular formula is C5H6F2. The largest absolute Gasteiger partial charge is 0.284 e. The molecule has 0 unspecified atom stereocenters. The van der Waals surface area contributed by atoms with E-state index in [9.17, 15) is 8.78 Å². The molecule has 2 heteroatoms. The minimum atomic E-state index is -2.89. The molecule has 0 nitrogen and oxygen atoms in total. The third-order valence-corrected chi connectivity index (χ3v) is 0.544. The van der Waals surface area contributed by atoms with Gasteiger partial charge in [0.2, 0.25) is 0 Å². The second-order valence-corrected chi connectivity index (χ2v) is 1.08. The molecule has 0 N–H and O–H groups in total. The van der Waals surface area contributed by atoms with Gasteiger partial charge in [-0.2, -0.15) is 8.78 Å². The normalized spacial score (nSPS) is 10.6. The Morgan fingerprint density at radius 1 is 1.14 bits per heavy atom. The van der Waals surface area contributed by atoms with E-state index in [2.05, 4.69) is 13.2 Å². The molecule has 0 radical (unpaired) electrons. The SMILES string of the molecule is C=CC(F)(F)C=C. The van der Waals surface area contributed by atoms with Crippen LogP contribution >= 0.6 is 0 Å². The van der Waals surface area contributed by atoms with Crippen LogP contribution in [0.3, 0.4) is 0 Å². The van der Waals surface area contributed by atoms with Crippen LogP contribution in [0.15, 0.2) is 25.3 Å². The predicted molar refractivity (Wildman–Crippen MR) is 25.3 cm³/mol. The Kier molecular flexibility index (Phi) is 1.69. The zero-order chi connectivity index (χ0) is 5.91. The van der Waals surface area contributed by atoms with Crippen molar-refractivity contribution in [1.29, 1.82) is 0 Å². The quantitative estimate of drug-likeness (QED) is 0.470. The fourth-order valence-electron chi connectivity index (χ4n) is 0.0833. The zero-order valence-electron chi connectivity index (χ0n) is 3.82. The zero-order valence-corrected chi connectivity index (χ0v) is 3.82. The molecule has 0 rings (SSSR count). The van der Waals surface area contributed by atoms with Gasteiger partial charge in [0.25, 0.3) is 5.92 Å². The van der Waals surface area contributed by atoms with E-state index in [1.54, 1.807) is 0 Å². The van der Waals surface area contributed by atoms with Gasteiger partial charge in [0, 0.05) is 0 Å². The van der Waals surface area contributed by atoms with E-state index in [-0.39, 0.29) is 0 Å². The molecule has 0 saturated carbocycles. The first-order chi connectivity index (χ1) is 3.12. The van der Waals surface area contributed by atoms with Crippen molar-refractivity contribution in [3.05, 3.63) is 25.3 Å². The fourth-order valence-corrected chi connectivity index (χ4v) is 0.0833. The summed E-state index contributed by atoms with van der Waals surface area (Å²) in [5.41, 5.74) is 0. The van der Waals surface area contributed by atoms with Crippen LogP contribution in [0, 0.1) is 0 Å². The van der Waals surface area contributed by atoms with Crippen molar-refractivity contribution in [1.82, 2.24) is 0 Å². The van der Waals surface area contributed by atoms with Crippen molar-refractivity contribution in [2.75, 3.05) is 0 Å². The Balaban J connectivity index is 3.82. The Bertz CT molecular complexity index is 74.1. The first kappa shape index (κ1) is 6.34. The number of hydrogen-bond donors (Lipinski definition) is 0. The lowest BCUT2D eigenvalue weighted by molar-refractivity contribution is 0.112. The lowest BCUT2D eigenvalue weighted by Gasteiger charge is -1.99. The van der Waals surface area contributed by atoms with Crippen LogP contribution in [0.25, 0.3) is 0 Å². The van der Waals surface area contributed by atoms with E-state index in [1.165, 1.54) is 0 Å². The first-order valence-electron chi connectivity index (χ1n) is 1.77. The van der Waals surface area contributed by atoms with Gasteiger partial charge in [-0.1, -0.05) is 13.2 Å². The molecule has 0 aliphatic carbocycles. The molecule has 0 aliphatic rings. The summed E-state index contributed by atoms with van der Waals surface area (Å²) in [5, 5.41) is 0. The number of rotatable bonds is 2. The number of alkyl halides is 2. The molecule has 0 aromatic carbocycles.